The quantitative estimate of drug-likeness (QED) is 0.105. The Labute approximate surface area is 321 Å². The van der Waals surface area contributed by atoms with Gasteiger partial charge in [-0.15, -0.1) is 0 Å². The topological polar surface area (TPSA) is 256 Å². The maximum Gasteiger partial charge on any atom is 0.339 e. The summed E-state index contributed by atoms with van der Waals surface area (Å²) in [5.41, 5.74) is 0.584. The van der Waals surface area contributed by atoms with Crippen molar-refractivity contribution in [2.24, 2.45) is 0 Å². The number of amides is 4. The van der Waals surface area contributed by atoms with E-state index in [1.165, 1.54) is 97.1 Å². The molecule has 294 valence electrons. The van der Waals surface area contributed by atoms with E-state index in [0.717, 1.165) is 36.8 Å². The highest BCUT2D eigenvalue weighted by molar-refractivity contribution is 7.88. The lowest BCUT2D eigenvalue weighted by Crippen LogP contribution is -2.19. The molecule has 0 heterocycles. The summed E-state index contributed by atoms with van der Waals surface area (Å²) in [6, 6.07) is 24.3. The van der Waals surface area contributed by atoms with Crippen LogP contribution in [0.4, 0.5) is 32.3 Å². The summed E-state index contributed by atoms with van der Waals surface area (Å²) in [6.45, 7) is 0. The molecular weight excluding hydrogens is 817 g/mol. The number of carbonyl (C=O) groups excluding carboxylic acids is 2. The molecule has 4 N–H and O–H groups in total. The van der Waals surface area contributed by atoms with Crippen LogP contribution in [0, 0.1) is 0 Å². The molecule has 5 aromatic carbocycles. The molecule has 0 saturated heterocycles. The van der Waals surface area contributed by atoms with E-state index >= 15 is 0 Å². The van der Waals surface area contributed by atoms with Crippen molar-refractivity contribution in [3.8, 4) is 23.0 Å². The van der Waals surface area contributed by atoms with Crippen LogP contribution < -0.4 is 38.0 Å². The number of rotatable bonds is 14. The molecule has 22 heteroatoms. The third kappa shape index (κ3) is 12.3. The molecule has 0 spiro atoms. The van der Waals surface area contributed by atoms with Crippen LogP contribution in [0.15, 0.2) is 131 Å². The first-order valence-electron chi connectivity index (χ1n) is 15.6. The Morgan fingerprint density at radius 3 is 0.946 bits per heavy atom. The molecule has 0 radical (unpaired) electrons. The van der Waals surface area contributed by atoms with Crippen LogP contribution in [-0.4, -0.2) is 58.2 Å². The van der Waals surface area contributed by atoms with Gasteiger partial charge in [0.15, 0.2) is 0 Å². The summed E-state index contributed by atoms with van der Waals surface area (Å²) in [5.74, 6) is -0.548. The average Bonchev–Trinajstić information content (AvgIpc) is 3.07. The maximum absolute atomic E-state index is 13.2. The van der Waals surface area contributed by atoms with Gasteiger partial charge in [-0.1, -0.05) is 30.3 Å². The molecule has 0 unspecified atom stereocenters. The Hall–Kier alpha value is -6.36. The largest absolute Gasteiger partial charge is 0.383 e. The molecule has 5 rings (SSSR count). The second-order valence-corrected chi connectivity index (χ2v) is 17.6. The van der Waals surface area contributed by atoms with Gasteiger partial charge in [-0.3, -0.25) is 0 Å². The van der Waals surface area contributed by atoms with Gasteiger partial charge in [0.05, 0.1) is 12.5 Å². The van der Waals surface area contributed by atoms with Crippen molar-refractivity contribution in [3.05, 3.63) is 121 Å². The van der Waals surface area contributed by atoms with Gasteiger partial charge in [0, 0.05) is 47.0 Å². The summed E-state index contributed by atoms with van der Waals surface area (Å²) < 4.78 is 118. The molecule has 5 aromatic rings. The number of nitrogens with one attached hydrogen (secondary N) is 4. The van der Waals surface area contributed by atoms with Gasteiger partial charge in [0.25, 0.3) is 0 Å². The summed E-state index contributed by atoms with van der Waals surface area (Å²) in [6.07, 6.45) is 1.73. The molecule has 56 heavy (non-hydrogen) atoms. The highest BCUT2D eigenvalue weighted by atomic mass is 32.2. The number of anilines is 4. The van der Waals surface area contributed by atoms with Crippen molar-refractivity contribution >= 4 is 75.3 Å². The first-order chi connectivity index (χ1) is 26.2. The smallest absolute Gasteiger partial charge is 0.339 e. The lowest BCUT2D eigenvalue weighted by Gasteiger charge is -2.12. The SMILES string of the molecule is CS(=O)(=O)Oc1cccc(NC(=O)Nc2cccc(OS(=O)(=O)c3cccc(S(=O)(=O)Oc4cccc(NC(=O)Nc5cccc(OS(C)(=O)=O)c5)c4)c3)c2)c1. The van der Waals surface area contributed by atoms with E-state index in [1.807, 2.05) is 0 Å². The minimum atomic E-state index is -4.64. The summed E-state index contributed by atoms with van der Waals surface area (Å²) >= 11 is 0. The number of benzene rings is 5. The van der Waals surface area contributed by atoms with Gasteiger partial charge < -0.3 is 38.0 Å². The van der Waals surface area contributed by atoms with Gasteiger partial charge in [-0.05, 0) is 66.7 Å². The van der Waals surface area contributed by atoms with E-state index in [-0.39, 0.29) is 45.7 Å². The number of hydrogen-bond donors (Lipinski definition) is 4. The van der Waals surface area contributed by atoms with E-state index in [1.54, 1.807) is 0 Å². The molecular formula is C34H30N4O14S4. The zero-order valence-corrected chi connectivity index (χ0v) is 32.2. The first kappa shape index (κ1) is 40.8. The molecule has 18 nitrogen and oxygen atoms in total. The molecule has 0 saturated carbocycles. The van der Waals surface area contributed by atoms with Crippen molar-refractivity contribution in [1.29, 1.82) is 0 Å². The molecule has 0 fully saturated rings. The van der Waals surface area contributed by atoms with Gasteiger partial charge in [-0.2, -0.15) is 33.7 Å². The molecule has 0 atom stereocenters. The Kier molecular flexibility index (Phi) is 12.1. The standard InChI is InChI=1S/C34H30N4O14S4/c1-53(41,42)49-27-12-3-8-23(18-27)35-33(39)37-25-10-5-14-29(20-25)51-55(45,46)31-16-7-17-32(22-31)56(47,48)52-30-15-6-11-26(21-30)38-34(40)36-24-9-4-13-28(19-24)50-54(2,43)44/h3-22H,1-2H3,(H2,35,37,39)(H2,36,38,40). The predicted octanol–water partition coefficient (Wildman–Crippen LogP) is 5.19. The van der Waals surface area contributed by atoms with Gasteiger partial charge >= 0.3 is 52.5 Å². The first-order valence-corrected chi connectivity index (χ1v) is 22.0. The van der Waals surface area contributed by atoms with E-state index in [9.17, 15) is 43.3 Å². The van der Waals surface area contributed by atoms with Crippen molar-refractivity contribution in [1.82, 2.24) is 0 Å². The minimum absolute atomic E-state index is 0.0370. The van der Waals surface area contributed by atoms with Gasteiger partial charge in [0.2, 0.25) is 0 Å². The van der Waals surface area contributed by atoms with Gasteiger partial charge in [0.1, 0.15) is 32.8 Å². The van der Waals surface area contributed by atoms with Gasteiger partial charge in [-0.25, -0.2) is 9.59 Å². The van der Waals surface area contributed by atoms with Crippen LogP contribution in [0.2, 0.25) is 0 Å². The van der Waals surface area contributed by atoms with E-state index in [2.05, 4.69) is 21.3 Å². The van der Waals surface area contributed by atoms with Crippen LogP contribution in [0.5, 0.6) is 23.0 Å². The number of urea groups is 2. The molecule has 0 aromatic heterocycles. The molecule has 0 aliphatic rings. The minimum Gasteiger partial charge on any atom is -0.383 e. The van der Waals surface area contributed by atoms with Crippen molar-refractivity contribution < 1.29 is 60.0 Å². The maximum atomic E-state index is 13.2. The fourth-order valence-electron chi connectivity index (χ4n) is 4.57. The van der Waals surface area contributed by atoms with Crippen LogP contribution in [-0.2, 0) is 40.5 Å². The van der Waals surface area contributed by atoms with Crippen molar-refractivity contribution in [3.63, 3.8) is 0 Å². The molecule has 0 aliphatic heterocycles. The molecule has 4 amide bonds. The van der Waals surface area contributed by atoms with Crippen LogP contribution in [0.25, 0.3) is 0 Å². The molecule has 0 bridgehead atoms. The van der Waals surface area contributed by atoms with Crippen LogP contribution >= 0.6 is 0 Å². The van der Waals surface area contributed by atoms with Crippen molar-refractivity contribution in [2.45, 2.75) is 9.79 Å². The highest BCUT2D eigenvalue weighted by Gasteiger charge is 2.23. The Morgan fingerprint density at radius 2 is 0.661 bits per heavy atom. The third-order valence-corrected chi connectivity index (χ3v) is 10.1. The van der Waals surface area contributed by atoms with Crippen molar-refractivity contribution in [2.75, 3.05) is 33.8 Å². The molecule has 0 aliphatic carbocycles. The Balaban J connectivity index is 1.22. The highest BCUT2D eigenvalue weighted by Crippen LogP contribution is 2.27. The monoisotopic (exact) mass is 846 g/mol. The lowest BCUT2D eigenvalue weighted by molar-refractivity contribution is 0.261. The summed E-state index contributed by atoms with van der Waals surface area (Å²) in [4.78, 5) is 24.1. The fraction of sp³-hybridized carbons (Fsp3) is 0.0588. The van der Waals surface area contributed by atoms with E-state index in [4.69, 9.17) is 16.7 Å². The summed E-state index contributed by atoms with van der Waals surface area (Å²) in [5, 5.41) is 9.92. The number of hydrogen-bond acceptors (Lipinski definition) is 14. The third-order valence-electron chi connectivity index (χ3n) is 6.66. The average molecular weight is 847 g/mol. The van der Waals surface area contributed by atoms with E-state index < -0.39 is 62.3 Å². The normalized spacial score (nSPS) is 11.8. The zero-order valence-electron chi connectivity index (χ0n) is 28.9. The second kappa shape index (κ2) is 16.6. The lowest BCUT2D eigenvalue weighted by atomic mass is 10.3. The fourth-order valence-corrected chi connectivity index (χ4v) is 7.49. The Morgan fingerprint density at radius 1 is 0.393 bits per heavy atom. The van der Waals surface area contributed by atoms with Crippen LogP contribution in [0.1, 0.15) is 0 Å². The second-order valence-electron chi connectivity index (χ2n) is 11.4. The van der Waals surface area contributed by atoms with E-state index in [0.29, 0.717) is 0 Å². The number of carbonyl (C=O) groups is 2. The predicted molar refractivity (Wildman–Crippen MR) is 204 cm³/mol. The Bertz CT molecular complexity index is 2560. The summed E-state index contributed by atoms with van der Waals surface area (Å²) in [7, 11) is -16.9. The van der Waals surface area contributed by atoms with Crippen LogP contribution in [0.3, 0.4) is 0 Å². The zero-order chi connectivity index (χ0) is 40.7.